The SMILES string of the molecule is CC(C)NCc1ccc(N2CCN(Cc3ccccc3)CC2)cc1Cl. The van der Waals surface area contributed by atoms with Gasteiger partial charge in [0.15, 0.2) is 0 Å². The van der Waals surface area contributed by atoms with Crippen LogP contribution in [0.4, 0.5) is 5.69 Å². The van der Waals surface area contributed by atoms with Crippen molar-refractivity contribution in [2.75, 3.05) is 31.1 Å². The highest BCUT2D eigenvalue weighted by Crippen LogP contribution is 2.25. The van der Waals surface area contributed by atoms with E-state index in [0.717, 1.165) is 44.3 Å². The van der Waals surface area contributed by atoms with E-state index in [0.29, 0.717) is 6.04 Å². The molecule has 1 aliphatic rings. The fraction of sp³-hybridized carbons (Fsp3) is 0.429. The van der Waals surface area contributed by atoms with Crippen LogP contribution in [-0.2, 0) is 13.1 Å². The molecule has 0 aromatic heterocycles. The van der Waals surface area contributed by atoms with Crippen LogP contribution in [-0.4, -0.2) is 37.1 Å². The number of halogens is 1. The van der Waals surface area contributed by atoms with E-state index >= 15 is 0 Å². The minimum absolute atomic E-state index is 0.466. The van der Waals surface area contributed by atoms with E-state index in [1.54, 1.807) is 0 Å². The number of hydrogen-bond acceptors (Lipinski definition) is 3. The zero-order chi connectivity index (χ0) is 17.6. The van der Waals surface area contributed by atoms with E-state index < -0.39 is 0 Å². The summed E-state index contributed by atoms with van der Waals surface area (Å²) in [4.78, 5) is 4.96. The van der Waals surface area contributed by atoms with Crippen molar-refractivity contribution < 1.29 is 0 Å². The summed E-state index contributed by atoms with van der Waals surface area (Å²) in [5.41, 5.74) is 3.79. The molecule has 0 amide bonds. The monoisotopic (exact) mass is 357 g/mol. The van der Waals surface area contributed by atoms with Gasteiger partial charge >= 0.3 is 0 Å². The highest BCUT2D eigenvalue weighted by Gasteiger charge is 2.18. The van der Waals surface area contributed by atoms with Gasteiger partial charge in [-0.3, -0.25) is 4.90 Å². The molecule has 0 saturated carbocycles. The van der Waals surface area contributed by atoms with Crippen molar-refractivity contribution in [2.24, 2.45) is 0 Å². The highest BCUT2D eigenvalue weighted by atomic mass is 35.5. The summed E-state index contributed by atoms with van der Waals surface area (Å²) in [5.74, 6) is 0. The first-order valence-corrected chi connectivity index (χ1v) is 9.52. The molecule has 0 unspecified atom stereocenters. The van der Waals surface area contributed by atoms with Crippen molar-refractivity contribution in [3.63, 3.8) is 0 Å². The summed E-state index contributed by atoms with van der Waals surface area (Å²) in [7, 11) is 0. The Morgan fingerprint density at radius 1 is 1.00 bits per heavy atom. The Kier molecular flexibility index (Phi) is 6.35. The summed E-state index contributed by atoms with van der Waals surface area (Å²) < 4.78 is 0. The minimum atomic E-state index is 0.466. The van der Waals surface area contributed by atoms with Crippen molar-refractivity contribution in [3.8, 4) is 0 Å². The third kappa shape index (κ3) is 5.21. The molecule has 134 valence electrons. The molecule has 4 heteroatoms. The van der Waals surface area contributed by atoms with Gasteiger partial charge in [0, 0.05) is 56.0 Å². The van der Waals surface area contributed by atoms with E-state index in [2.05, 4.69) is 77.5 Å². The Balaban J connectivity index is 1.55. The first-order chi connectivity index (χ1) is 12.1. The average molecular weight is 358 g/mol. The van der Waals surface area contributed by atoms with Gasteiger partial charge in [-0.2, -0.15) is 0 Å². The molecule has 0 spiro atoms. The molecule has 1 saturated heterocycles. The molecule has 1 heterocycles. The lowest BCUT2D eigenvalue weighted by molar-refractivity contribution is 0.250. The minimum Gasteiger partial charge on any atom is -0.369 e. The number of nitrogens with zero attached hydrogens (tertiary/aromatic N) is 2. The molecule has 1 N–H and O–H groups in total. The first-order valence-electron chi connectivity index (χ1n) is 9.15. The van der Waals surface area contributed by atoms with Crippen LogP contribution in [0, 0.1) is 0 Å². The van der Waals surface area contributed by atoms with Gasteiger partial charge in [0.25, 0.3) is 0 Å². The lowest BCUT2D eigenvalue weighted by Crippen LogP contribution is -2.46. The van der Waals surface area contributed by atoms with E-state index in [1.165, 1.54) is 16.8 Å². The van der Waals surface area contributed by atoms with Crippen LogP contribution in [0.5, 0.6) is 0 Å². The van der Waals surface area contributed by atoms with Crippen molar-refractivity contribution in [3.05, 3.63) is 64.7 Å². The number of benzene rings is 2. The molecule has 0 aliphatic carbocycles. The molecule has 1 aliphatic heterocycles. The molecule has 3 rings (SSSR count). The standard InChI is InChI=1S/C21H28ClN3/c1-17(2)23-15-19-8-9-20(14-21(19)22)25-12-10-24(11-13-25)16-18-6-4-3-5-7-18/h3-9,14,17,23H,10-13,15-16H2,1-2H3. The number of rotatable bonds is 6. The second-order valence-electron chi connectivity index (χ2n) is 7.06. The van der Waals surface area contributed by atoms with Crippen molar-refractivity contribution in [2.45, 2.75) is 33.0 Å². The zero-order valence-electron chi connectivity index (χ0n) is 15.2. The van der Waals surface area contributed by atoms with Gasteiger partial charge < -0.3 is 10.2 Å². The number of anilines is 1. The van der Waals surface area contributed by atoms with Gasteiger partial charge in [-0.05, 0) is 23.3 Å². The maximum atomic E-state index is 6.49. The molecule has 0 bridgehead atoms. The molecular formula is C21H28ClN3. The lowest BCUT2D eigenvalue weighted by Gasteiger charge is -2.36. The summed E-state index contributed by atoms with van der Waals surface area (Å²) >= 11 is 6.49. The Labute approximate surface area is 156 Å². The molecule has 3 nitrogen and oxygen atoms in total. The van der Waals surface area contributed by atoms with Gasteiger partial charge in [0.05, 0.1) is 0 Å². The van der Waals surface area contributed by atoms with Crippen molar-refractivity contribution >= 4 is 17.3 Å². The van der Waals surface area contributed by atoms with Crippen LogP contribution in [0.25, 0.3) is 0 Å². The fourth-order valence-corrected chi connectivity index (χ4v) is 3.44. The van der Waals surface area contributed by atoms with Crippen LogP contribution in [0.3, 0.4) is 0 Å². The summed E-state index contributed by atoms with van der Waals surface area (Å²) in [6.07, 6.45) is 0. The van der Waals surface area contributed by atoms with Crippen molar-refractivity contribution in [1.82, 2.24) is 10.2 Å². The first kappa shape index (κ1) is 18.2. The van der Waals surface area contributed by atoms with E-state index in [-0.39, 0.29) is 0 Å². The van der Waals surface area contributed by atoms with E-state index in [1.807, 2.05) is 0 Å². The predicted molar refractivity (Wildman–Crippen MR) is 107 cm³/mol. The third-order valence-electron chi connectivity index (χ3n) is 4.72. The normalized spacial score (nSPS) is 15.8. The molecule has 1 fully saturated rings. The second-order valence-corrected chi connectivity index (χ2v) is 7.47. The zero-order valence-corrected chi connectivity index (χ0v) is 16.0. The van der Waals surface area contributed by atoms with Gasteiger partial charge in [-0.25, -0.2) is 0 Å². The largest absolute Gasteiger partial charge is 0.369 e. The maximum absolute atomic E-state index is 6.49. The van der Waals surface area contributed by atoms with Crippen LogP contribution < -0.4 is 10.2 Å². The van der Waals surface area contributed by atoms with Crippen LogP contribution in [0.15, 0.2) is 48.5 Å². The average Bonchev–Trinajstić information content (AvgIpc) is 2.62. The summed E-state index contributed by atoms with van der Waals surface area (Å²) in [5, 5.41) is 4.28. The predicted octanol–water partition coefficient (Wildman–Crippen LogP) is 4.16. The Hall–Kier alpha value is -1.55. The Morgan fingerprint density at radius 3 is 2.36 bits per heavy atom. The fourth-order valence-electron chi connectivity index (χ4n) is 3.20. The summed E-state index contributed by atoms with van der Waals surface area (Å²) in [6, 6.07) is 17.7. The summed E-state index contributed by atoms with van der Waals surface area (Å²) in [6.45, 7) is 10.4. The molecule has 25 heavy (non-hydrogen) atoms. The third-order valence-corrected chi connectivity index (χ3v) is 5.08. The molecular weight excluding hydrogens is 330 g/mol. The number of hydrogen-bond donors (Lipinski definition) is 1. The van der Waals surface area contributed by atoms with Crippen LogP contribution >= 0.6 is 11.6 Å². The van der Waals surface area contributed by atoms with Gasteiger partial charge in [-0.1, -0.05) is 61.8 Å². The molecule has 0 atom stereocenters. The topological polar surface area (TPSA) is 18.5 Å². The van der Waals surface area contributed by atoms with E-state index in [9.17, 15) is 0 Å². The lowest BCUT2D eigenvalue weighted by atomic mass is 10.1. The number of nitrogens with one attached hydrogen (secondary N) is 1. The smallest absolute Gasteiger partial charge is 0.0471 e. The quantitative estimate of drug-likeness (QED) is 0.837. The Morgan fingerprint density at radius 2 is 1.72 bits per heavy atom. The second kappa shape index (κ2) is 8.70. The van der Waals surface area contributed by atoms with Crippen LogP contribution in [0.1, 0.15) is 25.0 Å². The van der Waals surface area contributed by atoms with E-state index in [4.69, 9.17) is 11.6 Å². The van der Waals surface area contributed by atoms with Crippen molar-refractivity contribution in [1.29, 1.82) is 0 Å². The highest BCUT2D eigenvalue weighted by molar-refractivity contribution is 6.31. The molecule has 2 aromatic rings. The van der Waals surface area contributed by atoms with Crippen LogP contribution in [0.2, 0.25) is 5.02 Å². The molecule has 0 radical (unpaired) electrons. The maximum Gasteiger partial charge on any atom is 0.0471 e. The van der Waals surface area contributed by atoms with Gasteiger partial charge in [-0.15, -0.1) is 0 Å². The van der Waals surface area contributed by atoms with Gasteiger partial charge in [0.2, 0.25) is 0 Å². The molecule has 2 aromatic carbocycles. The van der Waals surface area contributed by atoms with Gasteiger partial charge in [0.1, 0.15) is 0 Å². The Bertz CT molecular complexity index is 664. The number of piperazine rings is 1.